The highest BCUT2D eigenvalue weighted by molar-refractivity contribution is 5.92. The van der Waals surface area contributed by atoms with Gasteiger partial charge in [-0.2, -0.15) is 5.10 Å². The lowest BCUT2D eigenvalue weighted by molar-refractivity contribution is 0.0773. The summed E-state index contributed by atoms with van der Waals surface area (Å²) in [5.41, 5.74) is 7.64. The molecule has 1 aromatic heterocycles. The average molecular weight is 248 g/mol. The Hall–Kier alpha value is -1.36. The van der Waals surface area contributed by atoms with Crippen LogP contribution in [0, 0.1) is 11.8 Å². The number of fused-ring (bicyclic) bond motifs is 1. The highest BCUT2D eigenvalue weighted by Gasteiger charge is 2.42. The highest BCUT2D eigenvalue weighted by atomic mass is 16.2. The first kappa shape index (κ1) is 11.7. The Morgan fingerprint density at radius 1 is 1.56 bits per heavy atom. The fraction of sp³-hybridized carbons (Fsp3) is 0.692. The zero-order valence-electron chi connectivity index (χ0n) is 10.7. The lowest BCUT2D eigenvalue weighted by Gasteiger charge is -2.17. The average Bonchev–Trinajstić information content (AvgIpc) is 3.06. The van der Waals surface area contributed by atoms with E-state index in [4.69, 9.17) is 5.73 Å². The van der Waals surface area contributed by atoms with Crippen molar-refractivity contribution >= 4 is 5.91 Å². The summed E-state index contributed by atoms with van der Waals surface area (Å²) in [7, 11) is 0. The number of carbonyl (C=O) groups excluding carboxylic acids is 1. The Kier molecular flexibility index (Phi) is 2.86. The van der Waals surface area contributed by atoms with E-state index in [-0.39, 0.29) is 11.9 Å². The molecular formula is C13H20N4O. The van der Waals surface area contributed by atoms with Gasteiger partial charge < -0.3 is 10.6 Å². The number of aryl methyl sites for hydroxylation is 1. The van der Waals surface area contributed by atoms with Gasteiger partial charge in [0.15, 0.2) is 0 Å². The summed E-state index contributed by atoms with van der Waals surface area (Å²) < 4.78 is 0. The lowest BCUT2D eigenvalue weighted by atomic mass is 9.98. The van der Waals surface area contributed by atoms with Crippen LogP contribution in [-0.2, 0) is 6.42 Å². The van der Waals surface area contributed by atoms with E-state index in [0.717, 1.165) is 38.0 Å². The number of nitrogens with zero attached hydrogens (tertiary/aromatic N) is 2. The fourth-order valence-electron chi connectivity index (χ4n) is 3.29. The topological polar surface area (TPSA) is 75.0 Å². The Labute approximate surface area is 107 Å². The summed E-state index contributed by atoms with van der Waals surface area (Å²) in [4.78, 5) is 14.2. The molecule has 3 N–H and O–H groups in total. The maximum absolute atomic E-state index is 12.3. The van der Waals surface area contributed by atoms with Crippen molar-refractivity contribution in [3.63, 3.8) is 0 Å². The van der Waals surface area contributed by atoms with Crippen LogP contribution in [0.5, 0.6) is 0 Å². The predicted octanol–water partition coefficient (Wildman–Crippen LogP) is 0.781. The van der Waals surface area contributed by atoms with Crippen molar-refractivity contribution in [1.82, 2.24) is 15.1 Å². The van der Waals surface area contributed by atoms with Crippen molar-refractivity contribution in [3.05, 3.63) is 17.5 Å². The van der Waals surface area contributed by atoms with Crippen LogP contribution >= 0.6 is 0 Å². The molecule has 18 heavy (non-hydrogen) atoms. The Balaban J connectivity index is 1.71. The van der Waals surface area contributed by atoms with Crippen LogP contribution in [0.3, 0.4) is 0 Å². The summed E-state index contributed by atoms with van der Waals surface area (Å²) in [6.45, 7) is 3.70. The van der Waals surface area contributed by atoms with Gasteiger partial charge in [-0.15, -0.1) is 0 Å². The second-order valence-electron chi connectivity index (χ2n) is 5.51. The monoisotopic (exact) mass is 248 g/mol. The van der Waals surface area contributed by atoms with Crippen molar-refractivity contribution in [2.45, 2.75) is 32.2 Å². The summed E-state index contributed by atoms with van der Waals surface area (Å²) in [5.74, 6) is 1.15. The van der Waals surface area contributed by atoms with Gasteiger partial charge in [0, 0.05) is 24.8 Å². The van der Waals surface area contributed by atoms with Crippen LogP contribution in [0.25, 0.3) is 0 Å². The van der Waals surface area contributed by atoms with Gasteiger partial charge >= 0.3 is 0 Å². The molecule has 2 fully saturated rings. The number of aromatic nitrogens is 2. The van der Waals surface area contributed by atoms with Crippen LogP contribution < -0.4 is 5.73 Å². The van der Waals surface area contributed by atoms with Gasteiger partial charge in [-0.05, 0) is 37.2 Å². The van der Waals surface area contributed by atoms with Crippen LogP contribution in [0.4, 0.5) is 0 Å². The Morgan fingerprint density at radius 3 is 3.06 bits per heavy atom. The van der Waals surface area contributed by atoms with Gasteiger partial charge in [0.1, 0.15) is 5.69 Å². The molecule has 2 aliphatic rings. The minimum Gasteiger partial charge on any atom is -0.337 e. The number of rotatable bonds is 2. The van der Waals surface area contributed by atoms with E-state index < -0.39 is 0 Å². The highest BCUT2D eigenvalue weighted by Crippen LogP contribution is 2.37. The summed E-state index contributed by atoms with van der Waals surface area (Å²) in [6, 6.07) is 2.13. The third kappa shape index (κ3) is 1.82. The Morgan fingerprint density at radius 2 is 2.39 bits per heavy atom. The van der Waals surface area contributed by atoms with Crippen LogP contribution in [0.1, 0.15) is 35.9 Å². The second kappa shape index (κ2) is 4.39. The molecule has 1 amide bonds. The molecule has 0 aromatic carbocycles. The molecule has 0 spiro atoms. The molecule has 3 rings (SSSR count). The lowest BCUT2D eigenvalue weighted by Crippen LogP contribution is -2.33. The first-order valence-electron chi connectivity index (χ1n) is 6.78. The van der Waals surface area contributed by atoms with Gasteiger partial charge in [-0.1, -0.05) is 6.92 Å². The molecule has 1 aliphatic heterocycles. The Bertz CT molecular complexity index is 456. The quantitative estimate of drug-likeness (QED) is 0.812. The second-order valence-corrected chi connectivity index (χ2v) is 5.51. The van der Waals surface area contributed by atoms with Gasteiger partial charge in [0.2, 0.25) is 0 Å². The number of nitrogens with one attached hydrogen (secondary N) is 1. The van der Waals surface area contributed by atoms with Crippen molar-refractivity contribution in [2.24, 2.45) is 17.6 Å². The van der Waals surface area contributed by atoms with E-state index in [9.17, 15) is 4.79 Å². The third-order valence-electron chi connectivity index (χ3n) is 4.43. The van der Waals surface area contributed by atoms with Crippen LogP contribution in [0.2, 0.25) is 0 Å². The zero-order valence-corrected chi connectivity index (χ0v) is 10.7. The number of likely N-dealkylation sites (tertiary alicyclic amines) is 1. The van der Waals surface area contributed by atoms with Crippen molar-refractivity contribution in [2.75, 3.05) is 13.1 Å². The molecule has 0 radical (unpaired) electrons. The molecule has 1 saturated heterocycles. The minimum atomic E-state index is 0.0487. The van der Waals surface area contributed by atoms with Crippen molar-refractivity contribution < 1.29 is 4.79 Å². The number of hydrogen-bond acceptors (Lipinski definition) is 3. The number of aromatic amines is 1. The molecule has 5 nitrogen and oxygen atoms in total. The standard InChI is InChI=1S/C13H20N4O/c1-2-9-5-12(16-15-9)13(18)17-6-8-3-4-11(14)10(8)7-17/h5,8,10-11H,2-4,6-7,14H2,1H3,(H,15,16). The molecule has 3 atom stereocenters. The molecule has 1 aliphatic carbocycles. The van der Waals surface area contributed by atoms with Crippen molar-refractivity contribution in [1.29, 1.82) is 0 Å². The first-order valence-corrected chi connectivity index (χ1v) is 6.78. The molecule has 2 heterocycles. The predicted molar refractivity (Wildman–Crippen MR) is 68.1 cm³/mol. The molecule has 3 unspecified atom stereocenters. The molecule has 0 bridgehead atoms. The van der Waals surface area contributed by atoms with Gasteiger partial charge in [-0.3, -0.25) is 9.89 Å². The number of carbonyl (C=O) groups is 1. The largest absolute Gasteiger partial charge is 0.337 e. The maximum Gasteiger partial charge on any atom is 0.274 e. The summed E-state index contributed by atoms with van der Waals surface area (Å²) in [5, 5.41) is 6.99. The minimum absolute atomic E-state index is 0.0487. The van der Waals surface area contributed by atoms with E-state index >= 15 is 0 Å². The number of H-pyrrole nitrogens is 1. The van der Waals surface area contributed by atoms with E-state index in [1.54, 1.807) is 0 Å². The van der Waals surface area contributed by atoms with E-state index in [2.05, 4.69) is 10.2 Å². The number of nitrogens with two attached hydrogens (primary N) is 1. The summed E-state index contributed by atoms with van der Waals surface area (Å²) >= 11 is 0. The number of amides is 1. The van der Waals surface area contributed by atoms with Gasteiger partial charge in [0.25, 0.3) is 5.91 Å². The zero-order chi connectivity index (χ0) is 12.7. The molecule has 1 saturated carbocycles. The van der Waals surface area contributed by atoms with Gasteiger partial charge in [0.05, 0.1) is 0 Å². The molecule has 1 aromatic rings. The van der Waals surface area contributed by atoms with E-state index in [1.165, 1.54) is 0 Å². The SMILES string of the molecule is CCc1cc(C(=O)N2CC3CCC(N)C3C2)n[nH]1. The summed E-state index contributed by atoms with van der Waals surface area (Å²) in [6.07, 6.45) is 3.15. The molecule has 98 valence electrons. The van der Waals surface area contributed by atoms with Crippen molar-refractivity contribution in [3.8, 4) is 0 Å². The van der Waals surface area contributed by atoms with Crippen LogP contribution in [0.15, 0.2) is 6.07 Å². The molecular weight excluding hydrogens is 228 g/mol. The number of hydrogen-bond donors (Lipinski definition) is 2. The third-order valence-corrected chi connectivity index (χ3v) is 4.43. The van der Waals surface area contributed by atoms with Gasteiger partial charge in [-0.25, -0.2) is 0 Å². The van der Waals surface area contributed by atoms with E-state index in [0.29, 0.717) is 17.5 Å². The normalized spacial score (nSPS) is 30.8. The maximum atomic E-state index is 12.3. The van der Waals surface area contributed by atoms with E-state index in [1.807, 2.05) is 17.9 Å². The van der Waals surface area contributed by atoms with Crippen LogP contribution in [-0.4, -0.2) is 40.1 Å². The first-order chi connectivity index (χ1) is 8.69. The molecule has 5 heteroatoms. The smallest absolute Gasteiger partial charge is 0.274 e. The fourth-order valence-corrected chi connectivity index (χ4v) is 3.29.